The minimum atomic E-state index is -1.11. The van der Waals surface area contributed by atoms with Gasteiger partial charge in [-0.25, -0.2) is 4.79 Å². The van der Waals surface area contributed by atoms with Crippen LogP contribution >= 0.6 is 0 Å². The summed E-state index contributed by atoms with van der Waals surface area (Å²) in [7, 11) is 0. The highest BCUT2D eigenvalue weighted by Gasteiger charge is 2.11. The van der Waals surface area contributed by atoms with Crippen molar-refractivity contribution in [1.29, 1.82) is 0 Å². The highest BCUT2D eigenvalue weighted by atomic mass is 16.4. The molecule has 1 atom stereocenters. The molecule has 0 fully saturated rings. The smallest absolute Gasteiger partial charge is 0.356 e. The summed E-state index contributed by atoms with van der Waals surface area (Å²) in [4.78, 5) is 22.5. The van der Waals surface area contributed by atoms with Crippen molar-refractivity contribution in [2.45, 2.75) is 32.4 Å². The van der Waals surface area contributed by atoms with E-state index in [2.05, 4.69) is 10.4 Å². The molecule has 1 amide bonds. The van der Waals surface area contributed by atoms with Gasteiger partial charge >= 0.3 is 5.97 Å². The molecule has 2 heterocycles. The first-order chi connectivity index (χ1) is 10.0. The minimum absolute atomic E-state index is 0.00162. The van der Waals surface area contributed by atoms with Gasteiger partial charge in [0.2, 0.25) is 5.91 Å². The highest BCUT2D eigenvalue weighted by molar-refractivity contribution is 5.85. The molecule has 2 aromatic heterocycles. The number of furan rings is 1. The molecule has 0 radical (unpaired) electrons. The molecule has 2 rings (SSSR count). The Morgan fingerprint density at radius 1 is 1.48 bits per heavy atom. The molecular formula is C14H17N3O4. The van der Waals surface area contributed by atoms with Crippen LogP contribution in [0.4, 0.5) is 0 Å². The lowest BCUT2D eigenvalue weighted by Crippen LogP contribution is -2.35. The van der Waals surface area contributed by atoms with E-state index in [0.29, 0.717) is 0 Å². The molecule has 0 spiro atoms. The number of carboxylic acid groups (broad SMARTS) is 1. The Hall–Kier alpha value is -2.57. The number of carbonyl (C=O) groups excluding carboxylic acids is 1. The van der Waals surface area contributed by atoms with Crippen molar-refractivity contribution in [3.63, 3.8) is 0 Å². The summed E-state index contributed by atoms with van der Waals surface area (Å²) in [6.45, 7) is 1.91. The molecule has 0 bridgehead atoms. The molecule has 0 unspecified atom stereocenters. The number of rotatable bonds is 7. The molecule has 0 saturated carbocycles. The fourth-order valence-electron chi connectivity index (χ4n) is 1.92. The Morgan fingerprint density at radius 3 is 2.90 bits per heavy atom. The third-order valence-corrected chi connectivity index (χ3v) is 2.98. The molecule has 21 heavy (non-hydrogen) atoms. The molecule has 0 saturated heterocycles. The first kappa shape index (κ1) is 14.8. The first-order valence-corrected chi connectivity index (χ1v) is 6.63. The minimum Gasteiger partial charge on any atom is -0.476 e. The molecule has 2 N–H and O–H groups in total. The molecule has 0 aliphatic rings. The van der Waals surface area contributed by atoms with E-state index in [4.69, 9.17) is 9.52 Å². The number of aromatic nitrogens is 2. The van der Waals surface area contributed by atoms with Crippen LogP contribution in [0.3, 0.4) is 0 Å². The van der Waals surface area contributed by atoms with E-state index >= 15 is 0 Å². The zero-order chi connectivity index (χ0) is 15.2. The van der Waals surface area contributed by atoms with Crippen molar-refractivity contribution in [2.75, 3.05) is 0 Å². The van der Waals surface area contributed by atoms with Crippen LogP contribution in [0, 0.1) is 0 Å². The third-order valence-electron chi connectivity index (χ3n) is 2.98. The van der Waals surface area contributed by atoms with Gasteiger partial charge in [0, 0.05) is 18.7 Å². The van der Waals surface area contributed by atoms with Gasteiger partial charge in [-0.1, -0.05) is 0 Å². The number of aryl methyl sites for hydroxylation is 1. The second-order valence-electron chi connectivity index (χ2n) is 4.79. The molecule has 0 aliphatic carbocycles. The van der Waals surface area contributed by atoms with Gasteiger partial charge in [0.15, 0.2) is 5.69 Å². The second kappa shape index (κ2) is 6.74. The molecule has 0 aromatic carbocycles. The van der Waals surface area contributed by atoms with Crippen molar-refractivity contribution in [3.05, 3.63) is 42.1 Å². The summed E-state index contributed by atoms with van der Waals surface area (Å²) in [6.07, 6.45) is 4.60. The zero-order valence-electron chi connectivity index (χ0n) is 11.7. The maximum absolute atomic E-state index is 11.8. The summed E-state index contributed by atoms with van der Waals surface area (Å²) in [5, 5.41) is 15.4. The lowest BCUT2D eigenvalue weighted by atomic mass is 10.1. The van der Waals surface area contributed by atoms with Crippen molar-refractivity contribution in [1.82, 2.24) is 15.1 Å². The summed E-state index contributed by atoms with van der Waals surface area (Å²) in [6, 6.07) is 5.08. The second-order valence-corrected chi connectivity index (χ2v) is 4.79. The van der Waals surface area contributed by atoms with Crippen molar-refractivity contribution < 1.29 is 19.1 Å². The summed E-state index contributed by atoms with van der Waals surface area (Å²) in [5.74, 6) is -0.433. The van der Waals surface area contributed by atoms with E-state index in [1.165, 1.54) is 16.9 Å². The predicted octanol–water partition coefficient (Wildman–Crippen LogP) is 1.31. The molecular weight excluding hydrogens is 274 g/mol. The lowest BCUT2D eigenvalue weighted by Gasteiger charge is -2.13. The maximum atomic E-state index is 11.8. The van der Waals surface area contributed by atoms with Crippen LogP contribution in [0.15, 0.2) is 35.1 Å². The number of hydrogen-bond donors (Lipinski definition) is 2. The van der Waals surface area contributed by atoms with E-state index in [-0.39, 0.29) is 24.2 Å². The number of amides is 1. The Labute approximate surface area is 121 Å². The molecule has 112 valence electrons. The summed E-state index contributed by atoms with van der Waals surface area (Å²) in [5.41, 5.74) is -0.0753. The largest absolute Gasteiger partial charge is 0.476 e. The van der Waals surface area contributed by atoms with Crippen LogP contribution in [0.5, 0.6) is 0 Å². The van der Waals surface area contributed by atoms with Crippen LogP contribution in [0.2, 0.25) is 0 Å². The van der Waals surface area contributed by atoms with Crippen LogP contribution in [-0.2, 0) is 17.8 Å². The first-order valence-electron chi connectivity index (χ1n) is 6.63. The average Bonchev–Trinajstić information content (AvgIpc) is 3.06. The number of aromatic carboxylic acids is 1. The normalized spacial score (nSPS) is 12.0. The molecule has 2 aromatic rings. The number of carboxylic acids is 1. The zero-order valence-corrected chi connectivity index (χ0v) is 11.7. The number of nitrogens with one attached hydrogen (secondary N) is 1. The third kappa shape index (κ3) is 4.48. The molecule has 0 aliphatic heterocycles. The van der Waals surface area contributed by atoms with Crippen LogP contribution in [-0.4, -0.2) is 32.8 Å². The van der Waals surface area contributed by atoms with Gasteiger partial charge in [0.1, 0.15) is 12.3 Å². The average molecular weight is 291 g/mol. The fraction of sp³-hybridized carbons (Fsp3) is 0.357. The predicted molar refractivity (Wildman–Crippen MR) is 73.8 cm³/mol. The van der Waals surface area contributed by atoms with E-state index < -0.39 is 5.97 Å². The SMILES string of the molecule is C[C@@H](CCc1ccco1)NC(=O)Cn1ccc(C(=O)O)n1. The van der Waals surface area contributed by atoms with Gasteiger partial charge in [-0.15, -0.1) is 0 Å². The standard InChI is InChI=1S/C14H17N3O4/c1-10(4-5-11-3-2-8-21-11)15-13(18)9-17-7-6-12(16-17)14(19)20/h2-3,6-8,10H,4-5,9H2,1H3,(H,15,18)(H,19,20)/t10-/m0/s1. The lowest BCUT2D eigenvalue weighted by molar-refractivity contribution is -0.122. The van der Waals surface area contributed by atoms with Crippen molar-refractivity contribution in [3.8, 4) is 0 Å². The number of carbonyl (C=O) groups is 2. The van der Waals surface area contributed by atoms with E-state index in [9.17, 15) is 9.59 Å². The summed E-state index contributed by atoms with van der Waals surface area (Å²) < 4.78 is 6.53. The quantitative estimate of drug-likeness (QED) is 0.801. The molecule has 7 heteroatoms. The maximum Gasteiger partial charge on any atom is 0.356 e. The van der Waals surface area contributed by atoms with Gasteiger partial charge in [-0.05, 0) is 31.5 Å². The van der Waals surface area contributed by atoms with Gasteiger partial charge < -0.3 is 14.8 Å². The van der Waals surface area contributed by atoms with Gasteiger partial charge in [-0.2, -0.15) is 5.10 Å². The number of hydrogen-bond acceptors (Lipinski definition) is 4. The topological polar surface area (TPSA) is 97.4 Å². The Kier molecular flexibility index (Phi) is 4.76. The summed E-state index contributed by atoms with van der Waals surface area (Å²) >= 11 is 0. The van der Waals surface area contributed by atoms with Gasteiger partial charge in [0.25, 0.3) is 0 Å². The Bertz CT molecular complexity index is 604. The number of nitrogens with zero attached hydrogens (tertiary/aromatic N) is 2. The highest BCUT2D eigenvalue weighted by Crippen LogP contribution is 2.05. The molecule has 7 nitrogen and oxygen atoms in total. The van der Waals surface area contributed by atoms with Crippen molar-refractivity contribution in [2.24, 2.45) is 0 Å². The van der Waals surface area contributed by atoms with Gasteiger partial charge in [-0.3, -0.25) is 9.48 Å². The van der Waals surface area contributed by atoms with Crippen LogP contribution in [0.1, 0.15) is 29.6 Å². The van der Waals surface area contributed by atoms with E-state index in [0.717, 1.165) is 18.6 Å². The van der Waals surface area contributed by atoms with Crippen LogP contribution < -0.4 is 5.32 Å². The monoisotopic (exact) mass is 291 g/mol. The van der Waals surface area contributed by atoms with E-state index in [1.807, 2.05) is 19.1 Å². The van der Waals surface area contributed by atoms with E-state index in [1.54, 1.807) is 6.26 Å². The Balaban J connectivity index is 1.76. The Morgan fingerprint density at radius 2 is 2.29 bits per heavy atom. The fourth-order valence-corrected chi connectivity index (χ4v) is 1.92. The van der Waals surface area contributed by atoms with Gasteiger partial charge in [0.05, 0.1) is 6.26 Å². The van der Waals surface area contributed by atoms with Crippen molar-refractivity contribution >= 4 is 11.9 Å². The van der Waals surface area contributed by atoms with Crippen LogP contribution in [0.25, 0.3) is 0 Å².